The van der Waals surface area contributed by atoms with Crippen LogP contribution in [-0.2, 0) is 4.79 Å². The van der Waals surface area contributed by atoms with Gasteiger partial charge in [-0.2, -0.15) is 5.10 Å². The highest BCUT2D eigenvalue weighted by Gasteiger charge is 2.30. The molecule has 1 aromatic heterocycles. The van der Waals surface area contributed by atoms with Crippen LogP contribution in [0.4, 0.5) is 0 Å². The molecule has 0 bridgehead atoms. The second-order valence-electron chi connectivity index (χ2n) is 7.90. The van der Waals surface area contributed by atoms with E-state index in [1.54, 1.807) is 4.68 Å². The number of rotatable bonds is 6. The highest BCUT2D eigenvalue weighted by Crippen LogP contribution is 2.27. The Morgan fingerprint density at radius 1 is 1.00 bits per heavy atom. The van der Waals surface area contributed by atoms with Gasteiger partial charge in [0.25, 0.3) is 5.91 Å². The molecule has 0 aliphatic carbocycles. The lowest BCUT2D eigenvalue weighted by Crippen LogP contribution is -2.43. The van der Waals surface area contributed by atoms with Crippen molar-refractivity contribution in [2.24, 2.45) is 5.92 Å². The van der Waals surface area contributed by atoms with E-state index in [1.807, 2.05) is 78.7 Å². The Labute approximate surface area is 182 Å². The fourth-order valence-corrected chi connectivity index (χ4v) is 3.96. The van der Waals surface area contributed by atoms with Gasteiger partial charge in [-0.1, -0.05) is 55.5 Å². The van der Waals surface area contributed by atoms with Gasteiger partial charge in [0.2, 0.25) is 5.91 Å². The number of benzene rings is 2. The molecular formula is C25H28N4O2. The molecule has 1 fully saturated rings. The molecule has 0 atom stereocenters. The molecule has 2 heterocycles. The van der Waals surface area contributed by atoms with Gasteiger partial charge in [0.15, 0.2) is 0 Å². The van der Waals surface area contributed by atoms with Crippen molar-refractivity contribution in [3.05, 3.63) is 72.4 Å². The first kappa shape index (κ1) is 20.8. The van der Waals surface area contributed by atoms with Crippen molar-refractivity contribution >= 4 is 11.8 Å². The van der Waals surface area contributed by atoms with Gasteiger partial charge >= 0.3 is 0 Å². The molecule has 1 aliphatic heterocycles. The monoisotopic (exact) mass is 416 g/mol. The van der Waals surface area contributed by atoms with Crippen LogP contribution in [-0.4, -0.2) is 46.1 Å². The topological polar surface area (TPSA) is 67.2 Å². The predicted molar refractivity (Wildman–Crippen MR) is 121 cm³/mol. The lowest BCUT2D eigenvalue weighted by Gasteiger charge is -2.31. The van der Waals surface area contributed by atoms with E-state index in [9.17, 15) is 9.59 Å². The van der Waals surface area contributed by atoms with E-state index in [-0.39, 0.29) is 17.7 Å². The first-order valence-electron chi connectivity index (χ1n) is 10.9. The third-order valence-electron chi connectivity index (χ3n) is 5.71. The lowest BCUT2D eigenvalue weighted by atomic mass is 9.95. The molecule has 6 nitrogen and oxygen atoms in total. The van der Waals surface area contributed by atoms with Crippen LogP contribution in [0.15, 0.2) is 66.9 Å². The fourth-order valence-electron chi connectivity index (χ4n) is 3.96. The van der Waals surface area contributed by atoms with Crippen LogP contribution < -0.4 is 5.32 Å². The van der Waals surface area contributed by atoms with E-state index in [4.69, 9.17) is 5.10 Å². The van der Waals surface area contributed by atoms with Crippen LogP contribution in [0.1, 0.15) is 36.5 Å². The summed E-state index contributed by atoms with van der Waals surface area (Å²) in [4.78, 5) is 27.6. The van der Waals surface area contributed by atoms with Crippen LogP contribution in [0.5, 0.6) is 0 Å². The summed E-state index contributed by atoms with van der Waals surface area (Å²) in [6, 6.07) is 19.6. The van der Waals surface area contributed by atoms with E-state index in [1.165, 1.54) is 0 Å². The zero-order valence-electron chi connectivity index (χ0n) is 17.8. The standard InChI is InChI=1S/C25H28N4O2/c1-2-15-26-24(30)20-13-16-28(17-14-20)25(31)22-18-29(21-11-7-4-8-12-21)27-23(22)19-9-5-3-6-10-19/h3-12,18,20H,2,13-17H2,1H3,(H,26,30). The highest BCUT2D eigenvalue weighted by molar-refractivity contribution is 6.00. The first-order valence-corrected chi connectivity index (χ1v) is 10.9. The smallest absolute Gasteiger partial charge is 0.257 e. The quantitative estimate of drug-likeness (QED) is 0.662. The number of aromatic nitrogens is 2. The number of hydrogen-bond acceptors (Lipinski definition) is 3. The number of para-hydroxylation sites is 1. The minimum atomic E-state index is -0.0338. The van der Waals surface area contributed by atoms with Crippen LogP contribution >= 0.6 is 0 Å². The zero-order valence-corrected chi connectivity index (χ0v) is 17.8. The summed E-state index contributed by atoms with van der Waals surface area (Å²) in [5, 5.41) is 7.72. The summed E-state index contributed by atoms with van der Waals surface area (Å²) in [6.07, 6.45) is 4.13. The van der Waals surface area contributed by atoms with Crippen molar-refractivity contribution in [2.45, 2.75) is 26.2 Å². The average molecular weight is 417 g/mol. The molecule has 0 saturated carbocycles. The van der Waals surface area contributed by atoms with Crippen LogP contribution in [0.25, 0.3) is 16.9 Å². The molecule has 1 aliphatic rings. The van der Waals surface area contributed by atoms with Gasteiger partial charge in [0.05, 0.1) is 11.3 Å². The molecule has 31 heavy (non-hydrogen) atoms. The van der Waals surface area contributed by atoms with Crippen LogP contribution in [0.2, 0.25) is 0 Å². The molecule has 0 radical (unpaired) electrons. The summed E-state index contributed by atoms with van der Waals surface area (Å²) in [7, 11) is 0. The molecule has 1 saturated heterocycles. The Morgan fingerprint density at radius 3 is 2.29 bits per heavy atom. The van der Waals surface area contributed by atoms with Crippen molar-refractivity contribution in [2.75, 3.05) is 19.6 Å². The lowest BCUT2D eigenvalue weighted by molar-refractivity contribution is -0.126. The maximum Gasteiger partial charge on any atom is 0.257 e. The maximum atomic E-state index is 13.5. The predicted octanol–water partition coefficient (Wildman–Crippen LogP) is 3.92. The second kappa shape index (κ2) is 9.60. The average Bonchev–Trinajstić information content (AvgIpc) is 3.29. The second-order valence-corrected chi connectivity index (χ2v) is 7.90. The number of hydrogen-bond donors (Lipinski definition) is 1. The summed E-state index contributed by atoms with van der Waals surface area (Å²) >= 11 is 0. The van der Waals surface area contributed by atoms with Gasteiger partial charge in [-0.15, -0.1) is 0 Å². The normalized spacial score (nSPS) is 14.4. The molecule has 160 valence electrons. The Balaban J connectivity index is 1.56. The minimum absolute atomic E-state index is 0.0174. The molecule has 4 rings (SSSR count). The van der Waals surface area contributed by atoms with Crippen LogP contribution in [0.3, 0.4) is 0 Å². The molecular weight excluding hydrogens is 388 g/mol. The van der Waals surface area contributed by atoms with Gasteiger partial charge in [-0.05, 0) is 31.4 Å². The van der Waals surface area contributed by atoms with Crippen molar-refractivity contribution in [3.8, 4) is 16.9 Å². The first-order chi connectivity index (χ1) is 15.2. The van der Waals surface area contributed by atoms with Crippen molar-refractivity contribution in [3.63, 3.8) is 0 Å². The number of likely N-dealkylation sites (tertiary alicyclic amines) is 1. The molecule has 0 unspecified atom stereocenters. The van der Waals surface area contributed by atoms with Gasteiger partial charge in [-0.3, -0.25) is 9.59 Å². The molecule has 2 amide bonds. The Kier molecular flexibility index (Phi) is 6.46. The van der Waals surface area contributed by atoms with Gasteiger partial charge in [0, 0.05) is 37.3 Å². The summed E-state index contributed by atoms with van der Waals surface area (Å²) in [6.45, 7) is 3.90. The minimum Gasteiger partial charge on any atom is -0.356 e. The van der Waals surface area contributed by atoms with E-state index in [2.05, 4.69) is 5.32 Å². The fraction of sp³-hybridized carbons (Fsp3) is 0.320. The zero-order chi connectivity index (χ0) is 21.6. The van der Waals surface area contributed by atoms with Crippen molar-refractivity contribution in [1.29, 1.82) is 0 Å². The van der Waals surface area contributed by atoms with Crippen molar-refractivity contribution in [1.82, 2.24) is 20.0 Å². The number of piperidine rings is 1. The maximum absolute atomic E-state index is 13.5. The van der Waals surface area contributed by atoms with E-state index in [0.717, 1.165) is 17.7 Å². The number of nitrogens with zero attached hydrogens (tertiary/aromatic N) is 3. The van der Waals surface area contributed by atoms with E-state index >= 15 is 0 Å². The van der Waals surface area contributed by atoms with E-state index in [0.29, 0.717) is 43.7 Å². The molecule has 6 heteroatoms. The highest BCUT2D eigenvalue weighted by atomic mass is 16.2. The summed E-state index contributed by atoms with van der Waals surface area (Å²) < 4.78 is 1.76. The number of nitrogens with one attached hydrogen (secondary N) is 1. The molecule has 0 spiro atoms. The number of carbonyl (C=O) groups excluding carboxylic acids is 2. The van der Waals surface area contributed by atoms with Crippen molar-refractivity contribution < 1.29 is 9.59 Å². The molecule has 2 aromatic carbocycles. The SMILES string of the molecule is CCCNC(=O)C1CCN(C(=O)c2cn(-c3ccccc3)nc2-c2ccccc2)CC1. The Hall–Kier alpha value is -3.41. The number of amides is 2. The largest absolute Gasteiger partial charge is 0.356 e. The van der Waals surface area contributed by atoms with Gasteiger partial charge in [-0.25, -0.2) is 4.68 Å². The van der Waals surface area contributed by atoms with Gasteiger partial charge in [0.1, 0.15) is 5.69 Å². The summed E-state index contributed by atoms with van der Waals surface area (Å²) in [5.41, 5.74) is 3.08. The summed E-state index contributed by atoms with van der Waals surface area (Å²) in [5.74, 6) is 0.0560. The van der Waals surface area contributed by atoms with E-state index < -0.39 is 0 Å². The van der Waals surface area contributed by atoms with Crippen LogP contribution in [0, 0.1) is 5.92 Å². The third-order valence-corrected chi connectivity index (χ3v) is 5.71. The number of carbonyl (C=O) groups is 2. The third kappa shape index (κ3) is 4.68. The molecule has 3 aromatic rings. The van der Waals surface area contributed by atoms with Gasteiger partial charge < -0.3 is 10.2 Å². The Morgan fingerprint density at radius 2 is 1.65 bits per heavy atom. The molecule has 1 N–H and O–H groups in total. The Bertz CT molecular complexity index is 1020.